The van der Waals surface area contributed by atoms with E-state index in [1.807, 2.05) is 6.07 Å². The molecule has 2 nitrogen and oxygen atoms in total. The summed E-state index contributed by atoms with van der Waals surface area (Å²) in [6.07, 6.45) is 3.32. The minimum Gasteiger partial charge on any atom is -0.263 e. The van der Waals surface area contributed by atoms with E-state index in [2.05, 4.69) is 49.2 Å². The van der Waals surface area contributed by atoms with Crippen LogP contribution in [-0.4, -0.2) is 4.98 Å². The second-order valence-electron chi connectivity index (χ2n) is 4.31. The summed E-state index contributed by atoms with van der Waals surface area (Å²) in [7, 11) is 0. The number of nitriles is 1. The van der Waals surface area contributed by atoms with Gasteiger partial charge in [-0.2, -0.15) is 5.26 Å². The number of rotatable bonds is 2. The van der Waals surface area contributed by atoms with Crippen molar-refractivity contribution in [3.63, 3.8) is 0 Å². The van der Waals surface area contributed by atoms with Crippen LogP contribution >= 0.6 is 0 Å². The van der Waals surface area contributed by atoms with Crippen molar-refractivity contribution < 1.29 is 0 Å². The molecule has 1 heterocycles. The largest absolute Gasteiger partial charge is 0.263 e. The molecule has 1 aromatic carbocycles. The third-order valence-electron chi connectivity index (χ3n) is 2.83. The number of benzene rings is 1. The Bertz CT molecular complexity index is 548. The molecule has 0 aliphatic rings. The molecule has 2 heteroatoms. The van der Waals surface area contributed by atoms with Gasteiger partial charge in [-0.05, 0) is 23.1 Å². The van der Waals surface area contributed by atoms with E-state index in [1.165, 1.54) is 5.56 Å². The molecule has 0 bridgehead atoms. The van der Waals surface area contributed by atoms with Gasteiger partial charge in [-0.25, -0.2) is 0 Å². The highest BCUT2D eigenvalue weighted by atomic mass is 14.6. The number of hydrogen-bond acceptors (Lipinski definition) is 2. The highest BCUT2D eigenvalue weighted by molar-refractivity contribution is 5.69. The molecular weight excluding hydrogens is 208 g/mol. The molecule has 0 fully saturated rings. The van der Waals surface area contributed by atoms with Crippen molar-refractivity contribution in [2.45, 2.75) is 19.8 Å². The third kappa shape index (κ3) is 2.34. The fourth-order valence-electron chi connectivity index (χ4n) is 1.78. The number of hydrogen-bond donors (Lipinski definition) is 0. The van der Waals surface area contributed by atoms with Crippen LogP contribution in [0.1, 0.15) is 30.9 Å². The molecule has 2 aromatic rings. The van der Waals surface area contributed by atoms with E-state index in [9.17, 15) is 0 Å². The Morgan fingerprint density at radius 2 is 1.82 bits per heavy atom. The van der Waals surface area contributed by atoms with Crippen LogP contribution in [0.4, 0.5) is 0 Å². The molecule has 0 saturated heterocycles. The van der Waals surface area contributed by atoms with E-state index in [0.29, 0.717) is 11.5 Å². The van der Waals surface area contributed by atoms with Gasteiger partial charge in [-0.1, -0.05) is 38.1 Å². The maximum Gasteiger partial charge on any atom is 0.101 e. The first-order valence-corrected chi connectivity index (χ1v) is 5.67. The van der Waals surface area contributed by atoms with Gasteiger partial charge in [0.15, 0.2) is 0 Å². The van der Waals surface area contributed by atoms with Gasteiger partial charge in [0.1, 0.15) is 6.07 Å². The first-order valence-electron chi connectivity index (χ1n) is 5.67. The van der Waals surface area contributed by atoms with E-state index in [0.717, 1.165) is 11.1 Å². The lowest BCUT2D eigenvalue weighted by atomic mass is 9.97. The van der Waals surface area contributed by atoms with Crippen LogP contribution in [0, 0.1) is 11.3 Å². The fourth-order valence-corrected chi connectivity index (χ4v) is 1.78. The predicted molar refractivity (Wildman–Crippen MR) is 68.5 cm³/mol. The van der Waals surface area contributed by atoms with E-state index in [-0.39, 0.29) is 0 Å². The zero-order valence-electron chi connectivity index (χ0n) is 10.0. The zero-order valence-corrected chi connectivity index (χ0v) is 10.0. The van der Waals surface area contributed by atoms with E-state index >= 15 is 0 Å². The first kappa shape index (κ1) is 11.3. The molecule has 0 atom stereocenters. The summed E-state index contributed by atoms with van der Waals surface area (Å²) in [5.74, 6) is 0.525. The van der Waals surface area contributed by atoms with Gasteiger partial charge in [0, 0.05) is 18.0 Å². The molecule has 0 amide bonds. The van der Waals surface area contributed by atoms with E-state index in [1.54, 1.807) is 12.4 Å². The average molecular weight is 222 g/mol. The molecule has 0 unspecified atom stereocenters. The topological polar surface area (TPSA) is 36.7 Å². The highest BCUT2D eigenvalue weighted by Gasteiger charge is 2.05. The zero-order chi connectivity index (χ0) is 12.3. The van der Waals surface area contributed by atoms with Crippen molar-refractivity contribution >= 4 is 0 Å². The molecule has 84 valence electrons. The minimum absolute atomic E-state index is 0.525. The van der Waals surface area contributed by atoms with Crippen LogP contribution in [0.3, 0.4) is 0 Å². The smallest absolute Gasteiger partial charge is 0.101 e. The van der Waals surface area contributed by atoms with Gasteiger partial charge in [0.2, 0.25) is 0 Å². The van der Waals surface area contributed by atoms with Crippen molar-refractivity contribution in [2.75, 3.05) is 0 Å². The van der Waals surface area contributed by atoms with Gasteiger partial charge in [-0.15, -0.1) is 0 Å². The summed E-state index contributed by atoms with van der Waals surface area (Å²) < 4.78 is 0. The second kappa shape index (κ2) is 4.80. The normalized spacial score (nSPS) is 10.2. The Morgan fingerprint density at radius 3 is 2.41 bits per heavy atom. The van der Waals surface area contributed by atoms with Crippen LogP contribution in [0.2, 0.25) is 0 Å². The van der Waals surface area contributed by atoms with Gasteiger partial charge >= 0.3 is 0 Å². The summed E-state index contributed by atoms with van der Waals surface area (Å²) in [5, 5.41) is 9.03. The molecule has 0 aliphatic carbocycles. The van der Waals surface area contributed by atoms with Crippen molar-refractivity contribution in [1.82, 2.24) is 4.98 Å². The molecule has 0 spiro atoms. The quantitative estimate of drug-likeness (QED) is 0.776. The average Bonchev–Trinajstić information content (AvgIpc) is 2.39. The van der Waals surface area contributed by atoms with Crippen molar-refractivity contribution in [2.24, 2.45) is 0 Å². The lowest BCUT2D eigenvalue weighted by Crippen LogP contribution is -1.89. The number of nitrogens with zero attached hydrogens (tertiary/aromatic N) is 2. The molecule has 0 radical (unpaired) electrons. The Morgan fingerprint density at radius 1 is 1.12 bits per heavy atom. The van der Waals surface area contributed by atoms with Gasteiger partial charge < -0.3 is 0 Å². The van der Waals surface area contributed by atoms with Crippen LogP contribution in [0.25, 0.3) is 11.1 Å². The summed E-state index contributed by atoms with van der Waals surface area (Å²) in [5.41, 5.74) is 3.93. The van der Waals surface area contributed by atoms with Crippen molar-refractivity contribution in [1.29, 1.82) is 5.26 Å². The monoisotopic (exact) mass is 222 g/mol. The maximum atomic E-state index is 9.03. The van der Waals surface area contributed by atoms with Crippen molar-refractivity contribution in [3.05, 3.63) is 53.9 Å². The SMILES string of the molecule is CC(C)c1ccc(-c2ccncc2C#N)cc1. The Labute approximate surface area is 102 Å². The Hall–Kier alpha value is -2.14. The molecule has 0 N–H and O–H groups in total. The second-order valence-corrected chi connectivity index (χ2v) is 4.31. The van der Waals surface area contributed by atoms with Crippen LogP contribution in [0.5, 0.6) is 0 Å². The Balaban J connectivity index is 2.44. The van der Waals surface area contributed by atoms with Gasteiger partial charge in [-0.3, -0.25) is 4.98 Å². The minimum atomic E-state index is 0.525. The molecule has 0 aliphatic heterocycles. The van der Waals surface area contributed by atoms with E-state index < -0.39 is 0 Å². The maximum absolute atomic E-state index is 9.03. The van der Waals surface area contributed by atoms with Crippen LogP contribution in [0.15, 0.2) is 42.7 Å². The predicted octanol–water partition coefficient (Wildman–Crippen LogP) is 3.74. The molecule has 1 aromatic heterocycles. The molecule has 2 rings (SSSR count). The first-order chi connectivity index (χ1) is 8.22. The van der Waals surface area contributed by atoms with Gasteiger partial charge in [0.25, 0.3) is 0 Å². The summed E-state index contributed by atoms with van der Waals surface area (Å²) >= 11 is 0. The standard InChI is InChI=1S/C15H14N2/c1-11(2)12-3-5-13(6-4-12)15-7-8-17-10-14(15)9-16/h3-8,10-11H,1-2H3. The summed E-state index contributed by atoms with van der Waals surface area (Å²) in [4.78, 5) is 3.96. The van der Waals surface area contributed by atoms with E-state index in [4.69, 9.17) is 5.26 Å². The third-order valence-corrected chi connectivity index (χ3v) is 2.83. The summed E-state index contributed by atoms with van der Waals surface area (Å²) in [6.45, 7) is 4.34. The Kier molecular flexibility index (Phi) is 3.20. The number of pyridine rings is 1. The summed E-state index contributed by atoms with van der Waals surface area (Å²) in [6, 6.07) is 12.4. The lowest BCUT2D eigenvalue weighted by molar-refractivity contribution is 0.867. The molecule has 17 heavy (non-hydrogen) atoms. The fraction of sp³-hybridized carbons (Fsp3) is 0.200. The van der Waals surface area contributed by atoms with Gasteiger partial charge in [0.05, 0.1) is 5.56 Å². The lowest BCUT2D eigenvalue weighted by Gasteiger charge is -2.07. The van der Waals surface area contributed by atoms with Crippen molar-refractivity contribution in [3.8, 4) is 17.2 Å². The van der Waals surface area contributed by atoms with Crippen LogP contribution < -0.4 is 0 Å². The molecular formula is C15H14N2. The highest BCUT2D eigenvalue weighted by Crippen LogP contribution is 2.24. The number of aromatic nitrogens is 1. The molecule has 0 saturated carbocycles. The van der Waals surface area contributed by atoms with Crippen LogP contribution in [-0.2, 0) is 0 Å².